The lowest BCUT2D eigenvalue weighted by molar-refractivity contribution is -0.129. The average Bonchev–Trinajstić information content (AvgIpc) is 2.62. The van der Waals surface area contributed by atoms with Crippen LogP contribution in [0.5, 0.6) is 0 Å². The van der Waals surface area contributed by atoms with Gasteiger partial charge in [-0.2, -0.15) is 0 Å². The fourth-order valence-corrected chi connectivity index (χ4v) is 3.00. The van der Waals surface area contributed by atoms with Crippen molar-refractivity contribution in [3.05, 3.63) is 35.5 Å². The first-order valence-corrected chi connectivity index (χ1v) is 7.18. The van der Waals surface area contributed by atoms with E-state index in [9.17, 15) is 4.79 Å². The van der Waals surface area contributed by atoms with Gasteiger partial charge in [-0.25, -0.2) is 0 Å². The number of hydrogen-bond acceptors (Lipinski definition) is 2. The van der Waals surface area contributed by atoms with Gasteiger partial charge in [-0.3, -0.25) is 4.79 Å². The molecular formula is C16H22ClN3O. The molecular weight excluding hydrogens is 286 g/mol. The number of aromatic nitrogens is 1. The van der Waals surface area contributed by atoms with Gasteiger partial charge in [0.1, 0.15) is 6.54 Å². The highest BCUT2D eigenvalue weighted by Gasteiger charge is 2.20. The minimum absolute atomic E-state index is 0. The van der Waals surface area contributed by atoms with E-state index < -0.39 is 0 Å². The third-order valence-corrected chi connectivity index (χ3v) is 4.08. The maximum absolute atomic E-state index is 12.1. The summed E-state index contributed by atoms with van der Waals surface area (Å²) in [5.41, 5.74) is 3.93. The number of hydrogen-bond donors (Lipinski definition) is 1. The lowest BCUT2D eigenvalue weighted by Crippen LogP contribution is -2.27. The Kier molecular flexibility index (Phi) is 4.91. The number of benzene rings is 1. The van der Waals surface area contributed by atoms with Gasteiger partial charge in [0.2, 0.25) is 5.91 Å². The van der Waals surface area contributed by atoms with Gasteiger partial charge in [0.05, 0.1) is 0 Å². The van der Waals surface area contributed by atoms with E-state index in [2.05, 4.69) is 34.1 Å². The second kappa shape index (κ2) is 6.50. The first-order chi connectivity index (χ1) is 9.68. The molecule has 4 nitrogen and oxygen atoms in total. The van der Waals surface area contributed by atoms with Crippen LogP contribution in [0.2, 0.25) is 0 Å². The van der Waals surface area contributed by atoms with Gasteiger partial charge >= 0.3 is 0 Å². The topological polar surface area (TPSA) is 37.3 Å². The van der Waals surface area contributed by atoms with Gasteiger partial charge in [0.15, 0.2) is 0 Å². The van der Waals surface area contributed by atoms with Crippen molar-refractivity contribution >= 4 is 29.2 Å². The monoisotopic (exact) mass is 307 g/mol. The number of amides is 1. The lowest BCUT2D eigenvalue weighted by Gasteiger charge is -2.14. The molecule has 1 aliphatic heterocycles. The van der Waals surface area contributed by atoms with E-state index in [-0.39, 0.29) is 18.3 Å². The summed E-state index contributed by atoms with van der Waals surface area (Å²) in [4.78, 5) is 13.8. The molecule has 3 rings (SSSR count). The van der Waals surface area contributed by atoms with E-state index >= 15 is 0 Å². The molecule has 0 saturated heterocycles. The number of nitrogens with one attached hydrogen (secondary N) is 1. The second-order valence-corrected chi connectivity index (χ2v) is 5.57. The minimum Gasteiger partial charge on any atom is -0.347 e. The first-order valence-electron chi connectivity index (χ1n) is 7.18. The van der Waals surface area contributed by atoms with E-state index in [4.69, 9.17) is 0 Å². The summed E-state index contributed by atoms with van der Waals surface area (Å²) in [5, 5.41) is 4.74. The van der Waals surface area contributed by atoms with Crippen molar-refractivity contribution in [3.8, 4) is 0 Å². The smallest absolute Gasteiger partial charge is 0.242 e. The Balaban J connectivity index is 0.00000161. The zero-order valence-corrected chi connectivity index (χ0v) is 13.4. The van der Waals surface area contributed by atoms with Gasteiger partial charge in [-0.1, -0.05) is 18.2 Å². The predicted molar refractivity (Wildman–Crippen MR) is 88.2 cm³/mol. The van der Waals surface area contributed by atoms with Crippen molar-refractivity contribution in [2.24, 2.45) is 0 Å². The molecule has 0 fully saturated rings. The van der Waals surface area contributed by atoms with Crippen LogP contribution in [0.3, 0.4) is 0 Å². The fourth-order valence-electron chi connectivity index (χ4n) is 3.00. The zero-order valence-electron chi connectivity index (χ0n) is 12.6. The lowest BCUT2D eigenvalue weighted by atomic mass is 10.1. The third-order valence-electron chi connectivity index (χ3n) is 4.08. The van der Waals surface area contributed by atoms with Crippen molar-refractivity contribution in [1.82, 2.24) is 14.8 Å². The average molecular weight is 308 g/mol. The molecule has 0 radical (unpaired) electrons. The molecule has 0 unspecified atom stereocenters. The van der Waals surface area contributed by atoms with Gasteiger partial charge < -0.3 is 14.8 Å². The van der Waals surface area contributed by atoms with Crippen LogP contribution in [0, 0.1) is 0 Å². The SMILES string of the molecule is CN(C)C(=O)Cn1c2c(c3ccccc31)CCNCC2.Cl. The number of nitrogens with zero attached hydrogens (tertiary/aromatic N) is 2. The van der Waals surface area contributed by atoms with Crippen LogP contribution < -0.4 is 5.32 Å². The summed E-state index contributed by atoms with van der Waals surface area (Å²) < 4.78 is 2.21. The Morgan fingerprint density at radius 3 is 2.71 bits per heavy atom. The van der Waals surface area contributed by atoms with Crippen LogP contribution in [0.15, 0.2) is 24.3 Å². The number of carbonyl (C=O) groups excluding carboxylic acids is 1. The van der Waals surface area contributed by atoms with Gasteiger partial charge in [0.25, 0.3) is 0 Å². The highest BCUT2D eigenvalue weighted by Crippen LogP contribution is 2.28. The molecule has 0 aliphatic carbocycles. The Morgan fingerprint density at radius 2 is 1.95 bits per heavy atom. The van der Waals surface area contributed by atoms with E-state index in [0.29, 0.717) is 6.54 Å². The maximum atomic E-state index is 12.1. The normalized spacial score (nSPS) is 14.2. The molecule has 1 N–H and O–H groups in total. The summed E-state index contributed by atoms with van der Waals surface area (Å²) in [6, 6.07) is 8.44. The number of fused-ring (bicyclic) bond motifs is 3. The Hall–Kier alpha value is -1.52. The summed E-state index contributed by atoms with van der Waals surface area (Å²) in [6.07, 6.45) is 2.03. The van der Waals surface area contributed by atoms with Crippen molar-refractivity contribution in [2.45, 2.75) is 19.4 Å². The van der Waals surface area contributed by atoms with Crippen LogP contribution in [-0.2, 0) is 24.2 Å². The highest BCUT2D eigenvalue weighted by molar-refractivity contribution is 5.87. The van der Waals surface area contributed by atoms with Crippen LogP contribution >= 0.6 is 12.4 Å². The summed E-state index contributed by atoms with van der Waals surface area (Å²) in [7, 11) is 3.63. The number of para-hydroxylation sites is 1. The molecule has 114 valence electrons. The van der Waals surface area contributed by atoms with Gasteiger partial charge in [-0.15, -0.1) is 12.4 Å². The summed E-state index contributed by atoms with van der Waals surface area (Å²) in [6.45, 7) is 2.44. The number of likely N-dealkylation sites (N-methyl/N-ethyl adjacent to an activating group) is 1. The van der Waals surface area contributed by atoms with Crippen molar-refractivity contribution < 1.29 is 4.79 Å². The Labute approximate surface area is 131 Å². The molecule has 0 atom stereocenters. The molecule has 0 saturated carbocycles. The Morgan fingerprint density at radius 1 is 1.24 bits per heavy atom. The van der Waals surface area contributed by atoms with E-state index in [1.807, 2.05) is 14.1 Å². The molecule has 5 heteroatoms. The molecule has 2 aromatic rings. The number of rotatable bonds is 2. The molecule has 1 aromatic heterocycles. The Bertz CT molecular complexity index is 648. The third kappa shape index (κ3) is 2.92. The van der Waals surface area contributed by atoms with E-state index in [0.717, 1.165) is 25.9 Å². The first kappa shape index (κ1) is 15.9. The van der Waals surface area contributed by atoms with Gasteiger partial charge in [0, 0.05) is 43.7 Å². The molecule has 1 amide bonds. The largest absolute Gasteiger partial charge is 0.347 e. The summed E-state index contributed by atoms with van der Waals surface area (Å²) in [5.74, 6) is 0.144. The number of halogens is 1. The predicted octanol–water partition coefficient (Wildman–Crippen LogP) is 1.84. The number of carbonyl (C=O) groups is 1. The van der Waals surface area contributed by atoms with Crippen LogP contribution in [0.4, 0.5) is 0 Å². The molecule has 21 heavy (non-hydrogen) atoms. The molecule has 2 heterocycles. The van der Waals surface area contributed by atoms with Crippen molar-refractivity contribution in [1.29, 1.82) is 0 Å². The highest BCUT2D eigenvalue weighted by atomic mass is 35.5. The standard InChI is InChI=1S/C16H21N3O.ClH/c1-18(2)16(20)11-19-14-6-4-3-5-12(14)13-7-9-17-10-8-15(13)19;/h3-6,17H,7-11H2,1-2H3;1H. The molecule has 1 aliphatic rings. The van der Waals surface area contributed by atoms with E-state index in [1.165, 1.54) is 22.2 Å². The maximum Gasteiger partial charge on any atom is 0.242 e. The zero-order chi connectivity index (χ0) is 14.1. The van der Waals surface area contributed by atoms with Crippen LogP contribution in [-0.4, -0.2) is 42.6 Å². The molecule has 0 spiro atoms. The van der Waals surface area contributed by atoms with Crippen LogP contribution in [0.25, 0.3) is 10.9 Å². The van der Waals surface area contributed by atoms with Gasteiger partial charge in [-0.05, 0) is 24.6 Å². The second-order valence-electron chi connectivity index (χ2n) is 5.57. The van der Waals surface area contributed by atoms with E-state index in [1.54, 1.807) is 4.90 Å². The quantitative estimate of drug-likeness (QED) is 0.919. The van der Waals surface area contributed by atoms with Crippen molar-refractivity contribution in [2.75, 3.05) is 27.2 Å². The molecule has 1 aromatic carbocycles. The van der Waals surface area contributed by atoms with Crippen LogP contribution in [0.1, 0.15) is 11.3 Å². The van der Waals surface area contributed by atoms with Crippen molar-refractivity contribution in [3.63, 3.8) is 0 Å². The minimum atomic E-state index is 0. The molecule has 0 bridgehead atoms. The summed E-state index contributed by atoms with van der Waals surface area (Å²) >= 11 is 0. The fraction of sp³-hybridized carbons (Fsp3) is 0.438.